The molecule has 0 bridgehead atoms. The molecule has 0 heterocycles. The van der Waals surface area contributed by atoms with E-state index in [1.54, 1.807) is 7.11 Å². The van der Waals surface area contributed by atoms with E-state index in [1.165, 1.54) is 12.8 Å². The molecule has 3 nitrogen and oxygen atoms in total. The fourth-order valence-electron chi connectivity index (χ4n) is 2.69. The zero-order valence-electron chi connectivity index (χ0n) is 12.0. The second-order valence-electron chi connectivity index (χ2n) is 5.52. The van der Waals surface area contributed by atoms with Gasteiger partial charge in [-0.1, -0.05) is 19.1 Å². The third-order valence-corrected chi connectivity index (χ3v) is 4.02. The molecule has 3 heteroatoms. The van der Waals surface area contributed by atoms with Gasteiger partial charge < -0.3 is 15.2 Å². The van der Waals surface area contributed by atoms with Crippen LogP contribution in [0.5, 0.6) is 5.75 Å². The highest BCUT2D eigenvalue weighted by Crippen LogP contribution is 2.30. The van der Waals surface area contributed by atoms with Crippen molar-refractivity contribution in [1.82, 2.24) is 0 Å². The maximum atomic E-state index is 6.18. The van der Waals surface area contributed by atoms with Crippen LogP contribution in [0.2, 0.25) is 0 Å². The molecule has 106 valence electrons. The van der Waals surface area contributed by atoms with Crippen LogP contribution < -0.4 is 10.5 Å². The number of benzene rings is 1. The molecule has 1 aromatic rings. The number of nitrogens with two attached hydrogens (primary N) is 1. The van der Waals surface area contributed by atoms with Crippen molar-refractivity contribution in [2.24, 2.45) is 11.7 Å². The first-order valence-corrected chi connectivity index (χ1v) is 7.22. The van der Waals surface area contributed by atoms with E-state index < -0.39 is 0 Å². The van der Waals surface area contributed by atoms with Crippen molar-refractivity contribution < 1.29 is 9.47 Å². The Hall–Kier alpha value is -1.06. The van der Waals surface area contributed by atoms with Gasteiger partial charge in [0.15, 0.2) is 0 Å². The first kappa shape index (κ1) is 14.4. The van der Waals surface area contributed by atoms with E-state index in [9.17, 15) is 0 Å². The number of ether oxygens (including phenoxy) is 2. The van der Waals surface area contributed by atoms with Crippen LogP contribution in [0, 0.1) is 5.92 Å². The molecule has 1 unspecified atom stereocenters. The van der Waals surface area contributed by atoms with Crippen LogP contribution in [0.4, 0.5) is 0 Å². The lowest BCUT2D eigenvalue weighted by Gasteiger charge is -2.30. The third-order valence-electron chi connectivity index (χ3n) is 4.02. The number of rotatable bonds is 5. The molecule has 0 saturated heterocycles. The van der Waals surface area contributed by atoms with E-state index in [-0.39, 0.29) is 6.10 Å². The lowest BCUT2D eigenvalue weighted by atomic mass is 9.89. The molecule has 1 aromatic carbocycles. The molecule has 0 radical (unpaired) electrons. The summed E-state index contributed by atoms with van der Waals surface area (Å²) in [5.41, 5.74) is 7.00. The fraction of sp³-hybridized carbons (Fsp3) is 0.625. The van der Waals surface area contributed by atoms with Crippen molar-refractivity contribution in [3.63, 3.8) is 0 Å². The molecule has 0 aliphatic heterocycles. The Morgan fingerprint density at radius 1 is 1.16 bits per heavy atom. The summed E-state index contributed by atoms with van der Waals surface area (Å²) < 4.78 is 11.4. The van der Waals surface area contributed by atoms with E-state index in [4.69, 9.17) is 15.2 Å². The minimum atomic E-state index is 0.00399. The van der Waals surface area contributed by atoms with Crippen molar-refractivity contribution in [2.75, 3.05) is 13.7 Å². The standard InChI is InChI=1S/C16H25NO2/c1-12-3-7-15(8-4-12)19-16(11-17)13-5-9-14(18-2)10-6-13/h5-6,9-10,12,15-16H,3-4,7-8,11,17H2,1-2H3. The summed E-state index contributed by atoms with van der Waals surface area (Å²) in [6.07, 6.45) is 5.23. The van der Waals surface area contributed by atoms with Crippen LogP contribution in [0.15, 0.2) is 24.3 Å². The maximum absolute atomic E-state index is 6.18. The van der Waals surface area contributed by atoms with Crippen LogP contribution in [-0.4, -0.2) is 19.8 Å². The molecule has 1 saturated carbocycles. The van der Waals surface area contributed by atoms with Crippen LogP contribution >= 0.6 is 0 Å². The van der Waals surface area contributed by atoms with Crippen molar-refractivity contribution in [1.29, 1.82) is 0 Å². The molecule has 0 amide bonds. The summed E-state index contributed by atoms with van der Waals surface area (Å²) >= 11 is 0. The molecule has 1 fully saturated rings. The molecule has 0 spiro atoms. The Balaban J connectivity index is 1.95. The normalized spacial score (nSPS) is 25.0. The van der Waals surface area contributed by atoms with E-state index >= 15 is 0 Å². The van der Waals surface area contributed by atoms with Gasteiger partial charge in [-0.05, 0) is 49.3 Å². The van der Waals surface area contributed by atoms with Gasteiger partial charge in [0.1, 0.15) is 5.75 Å². The third kappa shape index (κ3) is 3.95. The van der Waals surface area contributed by atoms with Gasteiger partial charge in [-0.15, -0.1) is 0 Å². The van der Waals surface area contributed by atoms with Crippen LogP contribution in [0.3, 0.4) is 0 Å². The van der Waals surface area contributed by atoms with Gasteiger partial charge in [0.2, 0.25) is 0 Å². The molecule has 2 rings (SSSR count). The Kier molecular flexibility index (Phi) is 5.23. The second-order valence-corrected chi connectivity index (χ2v) is 5.52. The van der Waals surface area contributed by atoms with Gasteiger partial charge in [-0.2, -0.15) is 0 Å². The quantitative estimate of drug-likeness (QED) is 0.886. The van der Waals surface area contributed by atoms with E-state index in [1.807, 2.05) is 24.3 Å². The van der Waals surface area contributed by atoms with E-state index in [0.29, 0.717) is 12.6 Å². The van der Waals surface area contributed by atoms with Crippen molar-refractivity contribution >= 4 is 0 Å². The van der Waals surface area contributed by atoms with Crippen LogP contribution in [-0.2, 0) is 4.74 Å². The van der Waals surface area contributed by atoms with E-state index in [2.05, 4.69) is 6.92 Å². The second kappa shape index (κ2) is 6.92. The average molecular weight is 263 g/mol. The number of hydrogen-bond donors (Lipinski definition) is 1. The largest absolute Gasteiger partial charge is 0.497 e. The predicted molar refractivity (Wildman–Crippen MR) is 77.3 cm³/mol. The fourth-order valence-corrected chi connectivity index (χ4v) is 2.69. The highest BCUT2D eigenvalue weighted by atomic mass is 16.5. The van der Waals surface area contributed by atoms with Gasteiger partial charge in [0, 0.05) is 6.54 Å². The van der Waals surface area contributed by atoms with Gasteiger partial charge in [0.05, 0.1) is 19.3 Å². The van der Waals surface area contributed by atoms with Gasteiger partial charge in [-0.3, -0.25) is 0 Å². The molecule has 1 aliphatic rings. The van der Waals surface area contributed by atoms with Crippen molar-refractivity contribution in [2.45, 2.75) is 44.8 Å². The predicted octanol–water partition coefficient (Wildman–Crippen LogP) is 3.29. The van der Waals surface area contributed by atoms with Crippen molar-refractivity contribution in [3.05, 3.63) is 29.8 Å². The zero-order valence-corrected chi connectivity index (χ0v) is 12.0. The molecule has 1 aliphatic carbocycles. The minimum absolute atomic E-state index is 0.00399. The van der Waals surface area contributed by atoms with Gasteiger partial charge in [0.25, 0.3) is 0 Å². The molecular weight excluding hydrogens is 238 g/mol. The summed E-state index contributed by atoms with van der Waals surface area (Å²) in [6.45, 7) is 2.85. The summed E-state index contributed by atoms with van der Waals surface area (Å²) in [4.78, 5) is 0. The zero-order chi connectivity index (χ0) is 13.7. The smallest absolute Gasteiger partial charge is 0.118 e. The lowest BCUT2D eigenvalue weighted by Crippen LogP contribution is -2.26. The first-order valence-electron chi connectivity index (χ1n) is 7.22. The first-order chi connectivity index (χ1) is 9.22. The van der Waals surface area contributed by atoms with Crippen LogP contribution in [0.25, 0.3) is 0 Å². The van der Waals surface area contributed by atoms with Gasteiger partial charge in [-0.25, -0.2) is 0 Å². The van der Waals surface area contributed by atoms with E-state index in [0.717, 1.165) is 30.1 Å². The number of methoxy groups -OCH3 is 1. The molecule has 1 atom stereocenters. The monoisotopic (exact) mass is 263 g/mol. The highest BCUT2D eigenvalue weighted by molar-refractivity contribution is 5.28. The Bertz CT molecular complexity index is 369. The number of hydrogen-bond acceptors (Lipinski definition) is 3. The average Bonchev–Trinajstić information content (AvgIpc) is 2.47. The Labute approximate surface area is 116 Å². The summed E-state index contributed by atoms with van der Waals surface area (Å²) in [5, 5.41) is 0. The molecule has 19 heavy (non-hydrogen) atoms. The topological polar surface area (TPSA) is 44.5 Å². The summed E-state index contributed by atoms with van der Waals surface area (Å²) in [5.74, 6) is 1.71. The summed E-state index contributed by atoms with van der Waals surface area (Å²) in [7, 11) is 1.68. The Morgan fingerprint density at radius 2 is 1.79 bits per heavy atom. The summed E-state index contributed by atoms with van der Waals surface area (Å²) in [6, 6.07) is 8.01. The Morgan fingerprint density at radius 3 is 2.32 bits per heavy atom. The van der Waals surface area contributed by atoms with Crippen LogP contribution in [0.1, 0.15) is 44.3 Å². The highest BCUT2D eigenvalue weighted by Gasteiger charge is 2.22. The SMILES string of the molecule is COc1ccc(C(CN)OC2CCC(C)CC2)cc1. The molecule has 2 N–H and O–H groups in total. The van der Waals surface area contributed by atoms with Crippen molar-refractivity contribution in [3.8, 4) is 5.75 Å². The van der Waals surface area contributed by atoms with Gasteiger partial charge >= 0.3 is 0 Å². The lowest BCUT2D eigenvalue weighted by molar-refractivity contribution is -0.0327. The maximum Gasteiger partial charge on any atom is 0.118 e. The minimum Gasteiger partial charge on any atom is -0.497 e. The molecule has 0 aromatic heterocycles. The molecular formula is C16H25NO2.